The largest absolute Gasteiger partial charge is 0.508 e. The summed E-state index contributed by atoms with van der Waals surface area (Å²) in [5, 5.41) is 8.63. The van der Waals surface area contributed by atoms with Gasteiger partial charge in [0.05, 0.1) is 0 Å². The molecule has 0 aliphatic rings. The van der Waals surface area contributed by atoms with E-state index in [4.69, 9.17) is 5.11 Å². The highest BCUT2D eigenvalue weighted by Gasteiger charge is 1.74. The molecule has 0 aliphatic heterocycles. The van der Waals surface area contributed by atoms with Crippen molar-refractivity contribution in [3.05, 3.63) is 30.3 Å². The van der Waals surface area contributed by atoms with E-state index < -0.39 is 0 Å². The first kappa shape index (κ1) is 14.5. The number of benzene rings is 1. The Morgan fingerprint density at radius 1 is 0.923 bits per heavy atom. The molecule has 0 atom stereocenters. The zero-order valence-corrected chi connectivity index (χ0v) is 9.25. The average Bonchev–Trinajstić information content (AvgIpc) is 2.22. The number of phenolic OH excluding ortho intramolecular Hbond substituents is 1. The second-order valence-electron chi connectivity index (χ2n) is 2.34. The Labute approximate surface area is 82.4 Å². The van der Waals surface area contributed by atoms with E-state index in [0.29, 0.717) is 5.75 Å². The number of para-hydroxylation sites is 1. The quantitative estimate of drug-likeness (QED) is 0.689. The summed E-state index contributed by atoms with van der Waals surface area (Å²) in [5.41, 5.74) is 0. The SMILES string of the molecule is CC.CCCC.Oc1ccccc1. The summed E-state index contributed by atoms with van der Waals surface area (Å²) >= 11 is 0. The second-order valence-corrected chi connectivity index (χ2v) is 2.34. The molecule has 1 nitrogen and oxygen atoms in total. The van der Waals surface area contributed by atoms with E-state index in [2.05, 4.69) is 13.8 Å². The standard InChI is InChI=1S/C6H6O.C4H10.C2H6/c7-6-4-2-1-3-5-6;1-3-4-2;1-2/h1-5,7H;3-4H2,1-2H3;1-2H3. The summed E-state index contributed by atoms with van der Waals surface area (Å²) in [6, 6.07) is 8.71. The minimum atomic E-state index is 0.322. The first-order valence-electron chi connectivity index (χ1n) is 5.05. The van der Waals surface area contributed by atoms with E-state index in [1.807, 2.05) is 19.9 Å². The molecule has 76 valence electrons. The van der Waals surface area contributed by atoms with Crippen molar-refractivity contribution in [3.63, 3.8) is 0 Å². The molecule has 0 radical (unpaired) electrons. The Kier molecular flexibility index (Phi) is 15.2. The zero-order chi connectivity index (χ0) is 10.5. The molecule has 13 heavy (non-hydrogen) atoms. The Hall–Kier alpha value is -0.980. The van der Waals surface area contributed by atoms with Crippen LogP contribution >= 0.6 is 0 Å². The van der Waals surface area contributed by atoms with Crippen LogP contribution in [0.5, 0.6) is 5.75 Å². The van der Waals surface area contributed by atoms with Crippen LogP contribution in [0, 0.1) is 0 Å². The first-order chi connectivity index (χ1) is 6.31. The maximum absolute atomic E-state index is 8.63. The molecule has 0 aliphatic carbocycles. The van der Waals surface area contributed by atoms with Crippen LogP contribution < -0.4 is 0 Å². The number of phenols is 1. The van der Waals surface area contributed by atoms with Crippen molar-refractivity contribution in [1.82, 2.24) is 0 Å². The van der Waals surface area contributed by atoms with Crippen molar-refractivity contribution in [3.8, 4) is 5.75 Å². The van der Waals surface area contributed by atoms with Gasteiger partial charge in [0, 0.05) is 0 Å². The molecule has 1 aromatic carbocycles. The third-order valence-corrected chi connectivity index (χ3v) is 1.26. The molecule has 0 bridgehead atoms. The lowest BCUT2D eigenvalue weighted by Crippen LogP contribution is -1.56. The fourth-order valence-corrected chi connectivity index (χ4v) is 0.428. The summed E-state index contributed by atoms with van der Waals surface area (Å²) in [6.07, 6.45) is 2.64. The van der Waals surface area contributed by atoms with Crippen molar-refractivity contribution >= 4 is 0 Å². The van der Waals surface area contributed by atoms with Gasteiger partial charge in [-0.15, -0.1) is 0 Å². The maximum atomic E-state index is 8.63. The van der Waals surface area contributed by atoms with E-state index in [-0.39, 0.29) is 0 Å². The van der Waals surface area contributed by atoms with E-state index >= 15 is 0 Å². The molecule has 0 spiro atoms. The van der Waals surface area contributed by atoms with Gasteiger partial charge in [-0.2, -0.15) is 0 Å². The lowest BCUT2D eigenvalue weighted by Gasteiger charge is -1.82. The number of hydrogen-bond acceptors (Lipinski definition) is 1. The Morgan fingerprint density at radius 3 is 1.46 bits per heavy atom. The van der Waals surface area contributed by atoms with E-state index in [1.54, 1.807) is 24.3 Å². The van der Waals surface area contributed by atoms with Crippen molar-refractivity contribution in [2.45, 2.75) is 40.5 Å². The Bertz CT molecular complexity index is 156. The zero-order valence-electron chi connectivity index (χ0n) is 9.25. The maximum Gasteiger partial charge on any atom is 0.115 e. The predicted molar refractivity (Wildman–Crippen MR) is 60.0 cm³/mol. The molecule has 0 unspecified atom stereocenters. The predicted octanol–water partition coefficient (Wildman–Crippen LogP) is 4.22. The summed E-state index contributed by atoms with van der Waals surface area (Å²) < 4.78 is 0. The van der Waals surface area contributed by atoms with Crippen LogP contribution in [0.3, 0.4) is 0 Å². The second kappa shape index (κ2) is 13.6. The molecule has 0 saturated heterocycles. The van der Waals surface area contributed by atoms with Crippen LogP contribution in [-0.4, -0.2) is 5.11 Å². The molecular weight excluding hydrogens is 160 g/mol. The number of unbranched alkanes of at least 4 members (excludes halogenated alkanes) is 1. The van der Waals surface area contributed by atoms with E-state index in [0.717, 1.165) is 0 Å². The van der Waals surface area contributed by atoms with Crippen molar-refractivity contribution in [2.75, 3.05) is 0 Å². The molecule has 0 saturated carbocycles. The van der Waals surface area contributed by atoms with Crippen molar-refractivity contribution in [1.29, 1.82) is 0 Å². The van der Waals surface area contributed by atoms with Gasteiger partial charge in [-0.1, -0.05) is 58.7 Å². The van der Waals surface area contributed by atoms with E-state index in [9.17, 15) is 0 Å². The molecule has 1 N–H and O–H groups in total. The number of aromatic hydroxyl groups is 1. The van der Waals surface area contributed by atoms with Crippen LogP contribution in [0.1, 0.15) is 40.5 Å². The van der Waals surface area contributed by atoms with Crippen molar-refractivity contribution < 1.29 is 5.11 Å². The Balaban J connectivity index is 0. The monoisotopic (exact) mass is 182 g/mol. The van der Waals surface area contributed by atoms with Crippen LogP contribution in [0.25, 0.3) is 0 Å². The highest BCUT2D eigenvalue weighted by atomic mass is 16.3. The summed E-state index contributed by atoms with van der Waals surface area (Å²) in [4.78, 5) is 0. The highest BCUT2D eigenvalue weighted by molar-refractivity contribution is 5.18. The molecule has 1 rings (SSSR count). The van der Waals surface area contributed by atoms with Gasteiger partial charge in [-0.3, -0.25) is 0 Å². The third kappa shape index (κ3) is 13.9. The lowest BCUT2D eigenvalue weighted by molar-refractivity contribution is 0.475. The van der Waals surface area contributed by atoms with Gasteiger partial charge >= 0.3 is 0 Å². The summed E-state index contributed by atoms with van der Waals surface area (Å²) in [7, 11) is 0. The summed E-state index contributed by atoms with van der Waals surface area (Å²) in [5.74, 6) is 0.322. The van der Waals surface area contributed by atoms with Gasteiger partial charge < -0.3 is 5.11 Å². The molecule has 0 heterocycles. The number of hydrogen-bond donors (Lipinski definition) is 1. The fourth-order valence-electron chi connectivity index (χ4n) is 0.428. The lowest BCUT2D eigenvalue weighted by atomic mass is 10.3. The molecular formula is C12H22O. The minimum Gasteiger partial charge on any atom is -0.508 e. The van der Waals surface area contributed by atoms with Gasteiger partial charge in [-0.05, 0) is 12.1 Å². The molecule has 1 aromatic rings. The molecule has 0 aromatic heterocycles. The molecule has 1 heteroatoms. The summed E-state index contributed by atoms with van der Waals surface area (Å²) in [6.45, 7) is 8.36. The van der Waals surface area contributed by atoms with Gasteiger partial charge in [0.2, 0.25) is 0 Å². The Morgan fingerprint density at radius 2 is 1.31 bits per heavy atom. The first-order valence-corrected chi connectivity index (χ1v) is 5.05. The van der Waals surface area contributed by atoms with E-state index in [1.165, 1.54) is 12.8 Å². The third-order valence-electron chi connectivity index (χ3n) is 1.26. The molecule has 0 fully saturated rings. The van der Waals surface area contributed by atoms with Gasteiger partial charge in [0.15, 0.2) is 0 Å². The number of rotatable bonds is 1. The van der Waals surface area contributed by atoms with Gasteiger partial charge in [-0.25, -0.2) is 0 Å². The van der Waals surface area contributed by atoms with Gasteiger partial charge in [0.1, 0.15) is 5.75 Å². The minimum absolute atomic E-state index is 0.322. The normalized spacial score (nSPS) is 7.38. The van der Waals surface area contributed by atoms with Crippen LogP contribution in [0.4, 0.5) is 0 Å². The fraction of sp³-hybridized carbons (Fsp3) is 0.500. The average molecular weight is 182 g/mol. The van der Waals surface area contributed by atoms with Crippen LogP contribution in [-0.2, 0) is 0 Å². The van der Waals surface area contributed by atoms with Crippen molar-refractivity contribution in [2.24, 2.45) is 0 Å². The molecule has 0 amide bonds. The topological polar surface area (TPSA) is 20.2 Å². The highest BCUT2D eigenvalue weighted by Crippen LogP contribution is 2.02. The van der Waals surface area contributed by atoms with Crippen LogP contribution in [0.15, 0.2) is 30.3 Å². The van der Waals surface area contributed by atoms with Gasteiger partial charge in [0.25, 0.3) is 0 Å². The van der Waals surface area contributed by atoms with Crippen LogP contribution in [0.2, 0.25) is 0 Å². The smallest absolute Gasteiger partial charge is 0.115 e.